The van der Waals surface area contributed by atoms with E-state index in [0.717, 1.165) is 11.3 Å². The Bertz CT molecular complexity index is 1040. The summed E-state index contributed by atoms with van der Waals surface area (Å²) in [7, 11) is 0. The molecule has 0 saturated heterocycles. The Hall–Kier alpha value is -2.90. The Morgan fingerprint density at radius 2 is 2.11 bits per heavy atom. The number of ether oxygens (including phenoxy) is 1. The van der Waals surface area contributed by atoms with Crippen LogP contribution in [0.15, 0.2) is 53.0 Å². The summed E-state index contributed by atoms with van der Waals surface area (Å²) in [6.07, 6.45) is 3.94. The van der Waals surface area contributed by atoms with Crippen molar-refractivity contribution in [3.63, 3.8) is 0 Å². The molecule has 2 heterocycles. The Labute approximate surface area is 170 Å². The largest absolute Gasteiger partial charge is 0.479 e. The highest BCUT2D eigenvalue weighted by Gasteiger charge is 2.16. The van der Waals surface area contributed by atoms with Crippen LogP contribution in [0.5, 0.6) is 5.75 Å². The highest BCUT2D eigenvalue weighted by Crippen LogP contribution is 2.30. The SMILES string of the molecule is CCc1ccc(C(=O)/C=C/c2ccc(COc3ccc(Cl)cc3[N+](=O)[O-])o2)s1. The van der Waals surface area contributed by atoms with E-state index in [2.05, 4.69) is 0 Å². The van der Waals surface area contributed by atoms with E-state index in [1.165, 1.54) is 35.6 Å². The summed E-state index contributed by atoms with van der Waals surface area (Å²) >= 11 is 7.26. The van der Waals surface area contributed by atoms with Crippen LogP contribution in [-0.4, -0.2) is 10.7 Å². The van der Waals surface area contributed by atoms with E-state index >= 15 is 0 Å². The molecule has 0 atom stereocenters. The Morgan fingerprint density at radius 1 is 1.29 bits per heavy atom. The second-order valence-electron chi connectivity index (χ2n) is 5.78. The molecule has 3 rings (SSSR count). The first-order valence-corrected chi connectivity index (χ1v) is 9.62. The lowest BCUT2D eigenvalue weighted by Crippen LogP contribution is -1.98. The van der Waals surface area contributed by atoms with Gasteiger partial charge in [0.15, 0.2) is 11.5 Å². The molecule has 3 aromatic rings. The zero-order valence-corrected chi connectivity index (χ0v) is 16.5. The molecule has 0 unspecified atom stereocenters. The molecule has 0 aliphatic carbocycles. The lowest BCUT2D eigenvalue weighted by molar-refractivity contribution is -0.385. The zero-order chi connectivity index (χ0) is 20.1. The number of nitro groups is 1. The van der Waals surface area contributed by atoms with Crippen molar-refractivity contribution < 1.29 is 18.9 Å². The standard InChI is InChI=1S/C20H16ClNO5S/c1-2-16-7-10-20(28-16)18(23)8-6-14-4-5-15(27-14)12-26-19-9-3-13(21)11-17(19)22(24)25/h3-11H,2,12H2,1H3/b8-6+. The molecule has 0 amide bonds. The maximum absolute atomic E-state index is 12.2. The Kier molecular flexibility index (Phi) is 6.28. The van der Waals surface area contributed by atoms with Gasteiger partial charge in [0.05, 0.1) is 9.80 Å². The number of benzene rings is 1. The molecular formula is C20H16ClNO5S. The van der Waals surface area contributed by atoms with Crippen LogP contribution >= 0.6 is 22.9 Å². The number of hydrogen-bond acceptors (Lipinski definition) is 6. The van der Waals surface area contributed by atoms with E-state index in [9.17, 15) is 14.9 Å². The smallest absolute Gasteiger partial charge is 0.312 e. The summed E-state index contributed by atoms with van der Waals surface area (Å²) < 4.78 is 11.1. The highest BCUT2D eigenvalue weighted by atomic mass is 35.5. The van der Waals surface area contributed by atoms with Gasteiger partial charge in [0, 0.05) is 16.0 Å². The van der Waals surface area contributed by atoms with Crippen molar-refractivity contribution in [3.8, 4) is 5.75 Å². The molecule has 8 heteroatoms. The topological polar surface area (TPSA) is 82.6 Å². The van der Waals surface area contributed by atoms with Crippen LogP contribution in [-0.2, 0) is 13.0 Å². The number of carbonyl (C=O) groups is 1. The number of rotatable bonds is 8. The van der Waals surface area contributed by atoms with Crippen molar-refractivity contribution in [2.24, 2.45) is 0 Å². The van der Waals surface area contributed by atoms with E-state index in [0.29, 0.717) is 16.4 Å². The molecule has 28 heavy (non-hydrogen) atoms. The van der Waals surface area contributed by atoms with Gasteiger partial charge in [0.1, 0.15) is 18.1 Å². The van der Waals surface area contributed by atoms with Gasteiger partial charge in [-0.25, -0.2) is 0 Å². The van der Waals surface area contributed by atoms with Crippen LogP contribution in [0.3, 0.4) is 0 Å². The Balaban J connectivity index is 1.63. The van der Waals surface area contributed by atoms with Crippen LogP contribution in [0.1, 0.15) is 33.0 Å². The first-order valence-electron chi connectivity index (χ1n) is 8.43. The molecular weight excluding hydrogens is 402 g/mol. The number of carbonyl (C=O) groups excluding carboxylic acids is 1. The van der Waals surface area contributed by atoms with Crippen molar-refractivity contribution in [2.75, 3.05) is 0 Å². The molecule has 0 saturated carbocycles. The van der Waals surface area contributed by atoms with E-state index in [4.69, 9.17) is 20.8 Å². The molecule has 0 spiro atoms. The number of ketones is 1. The van der Waals surface area contributed by atoms with Crippen LogP contribution in [0.4, 0.5) is 5.69 Å². The third-order valence-electron chi connectivity index (χ3n) is 3.82. The second kappa shape index (κ2) is 8.86. The molecule has 2 aromatic heterocycles. The van der Waals surface area contributed by atoms with Gasteiger partial charge in [0.25, 0.3) is 0 Å². The lowest BCUT2D eigenvalue weighted by atomic mass is 10.2. The number of allylic oxidation sites excluding steroid dienone is 1. The molecule has 0 fully saturated rings. The van der Waals surface area contributed by atoms with E-state index in [-0.39, 0.29) is 28.8 Å². The van der Waals surface area contributed by atoms with Gasteiger partial charge < -0.3 is 9.15 Å². The summed E-state index contributed by atoms with van der Waals surface area (Å²) in [6, 6.07) is 11.3. The van der Waals surface area contributed by atoms with Crippen molar-refractivity contribution >= 4 is 40.5 Å². The molecule has 0 aliphatic rings. The fourth-order valence-electron chi connectivity index (χ4n) is 2.41. The quantitative estimate of drug-likeness (QED) is 0.196. The highest BCUT2D eigenvalue weighted by molar-refractivity contribution is 7.14. The predicted octanol–water partition coefficient (Wildman–Crippen LogP) is 5.94. The van der Waals surface area contributed by atoms with Gasteiger partial charge >= 0.3 is 5.69 Å². The van der Waals surface area contributed by atoms with Gasteiger partial charge in [-0.2, -0.15) is 0 Å². The summed E-state index contributed by atoms with van der Waals surface area (Å²) in [6.45, 7) is 2.05. The minimum atomic E-state index is -0.558. The maximum atomic E-state index is 12.2. The maximum Gasteiger partial charge on any atom is 0.312 e. The van der Waals surface area contributed by atoms with E-state index in [1.807, 2.05) is 19.1 Å². The van der Waals surface area contributed by atoms with Crippen LogP contribution in [0.25, 0.3) is 6.08 Å². The van der Waals surface area contributed by atoms with Crippen LogP contribution < -0.4 is 4.74 Å². The monoisotopic (exact) mass is 417 g/mol. The van der Waals surface area contributed by atoms with Gasteiger partial charge in [-0.1, -0.05) is 18.5 Å². The lowest BCUT2D eigenvalue weighted by Gasteiger charge is -2.05. The van der Waals surface area contributed by atoms with Gasteiger partial charge in [-0.05, 0) is 55.0 Å². The fraction of sp³-hybridized carbons (Fsp3) is 0.150. The van der Waals surface area contributed by atoms with Crippen molar-refractivity contribution in [1.82, 2.24) is 0 Å². The molecule has 6 nitrogen and oxygen atoms in total. The molecule has 0 N–H and O–H groups in total. The minimum Gasteiger partial charge on any atom is -0.479 e. The fourth-order valence-corrected chi connectivity index (χ4v) is 3.44. The molecule has 0 aliphatic heterocycles. The second-order valence-corrected chi connectivity index (χ2v) is 7.38. The number of nitrogens with zero attached hydrogens (tertiary/aromatic N) is 1. The molecule has 0 radical (unpaired) electrons. The van der Waals surface area contributed by atoms with E-state index < -0.39 is 4.92 Å². The molecule has 0 bridgehead atoms. The molecule has 144 valence electrons. The normalized spacial score (nSPS) is 11.1. The average molecular weight is 418 g/mol. The Morgan fingerprint density at radius 3 is 2.82 bits per heavy atom. The summed E-state index contributed by atoms with van der Waals surface area (Å²) in [5.41, 5.74) is -0.216. The van der Waals surface area contributed by atoms with Crippen molar-refractivity contribution in [1.29, 1.82) is 0 Å². The molecule has 1 aromatic carbocycles. The number of furan rings is 1. The average Bonchev–Trinajstić information content (AvgIpc) is 3.34. The van der Waals surface area contributed by atoms with Gasteiger partial charge in [0.2, 0.25) is 0 Å². The third kappa shape index (κ3) is 4.88. The first-order chi connectivity index (χ1) is 13.5. The number of aryl methyl sites for hydroxylation is 1. The summed E-state index contributed by atoms with van der Waals surface area (Å²) in [5, 5.41) is 11.3. The van der Waals surface area contributed by atoms with Crippen LogP contribution in [0, 0.1) is 10.1 Å². The van der Waals surface area contributed by atoms with Crippen LogP contribution in [0.2, 0.25) is 5.02 Å². The summed E-state index contributed by atoms with van der Waals surface area (Å²) in [4.78, 5) is 24.5. The van der Waals surface area contributed by atoms with Gasteiger partial charge in [-0.15, -0.1) is 11.3 Å². The van der Waals surface area contributed by atoms with Gasteiger partial charge in [-0.3, -0.25) is 14.9 Å². The van der Waals surface area contributed by atoms with E-state index in [1.54, 1.807) is 18.2 Å². The number of nitro benzene ring substituents is 1. The minimum absolute atomic E-state index is 0.00897. The number of hydrogen-bond donors (Lipinski definition) is 0. The summed E-state index contributed by atoms with van der Waals surface area (Å²) in [5.74, 6) is 0.976. The zero-order valence-electron chi connectivity index (χ0n) is 14.9. The van der Waals surface area contributed by atoms with Crippen molar-refractivity contribution in [3.05, 3.63) is 85.0 Å². The number of halogens is 1. The predicted molar refractivity (Wildman–Crippen MR) is 108 cm³/mol. The third-order valence-corrected chi connectivity index (χ3v) is 5.30. The number of thiophene rings is 1. The van der Waals surface area contributed by atoms with Crippen molar-refractivity contribution in [2.45, 2.75) is 20.0 Å². The first kappa shape index (κ1) is 19.9.